The predicted molar refractivity (Wildman–Crippen MR) is 115 cm³/mol. The van der Waals surface area contributed by atoms with Crippen LogP contribution in [0, 0.1) is 5.41 Å². The molecule has 7 heteroatoms. The molecule has 0 aliphatic carbocycles. The molecule has 1 amide bonds. The highest BCUT2D eigenvalue weighted by Crippen LogP contribution is 2.41. The lowest BCUT2D eigenvalue weighted by Crippen LogP contribution is -2.49. The molecule has 29 heavy (non-hydrogen) atoms. The molecule has 1 spiro atoms. The summed E-state index contributed by atoms with van der Waals surface area (Å²) in [7, 11) is 3.99. The number of fused-ring (bicyclic) bond motifs is 1. The highest BCUT2D eigenvalue weighted by molar-refractivity contribution is 5.87. The molecule has 0 saturated carbocycles. The highest BCUT2D eigenvalue weighted by atomic mass is 16.2. The lowest BCUT2D eigenvalue weighted by atomic mass is 9.78. The van der Waals surface area contributed by atoms with Gasteiger partial charge in [-0.05, 0) is 30.9 Å². The van der Waals surface area contributed by atoms with Crippen molar-refractivity contribution in [1.82, 2.24) is 19.9 Å². The van der Waals surface area contributed by atoms with Gasteiger partial charge in [-0.1, -0.05) is 18.2 Å². The molecule has 2 fully saturated rings. The Bertz CT molecular complexity index is 1040. The van der Waals surface area contributed by atoms with E-state index in [0.717, 1.165) is 56.2 Å². The quantitative estimate of drug-likeness (QED) is 0.716. The van der Waals surface area contributed by atoms with E-state index in [4.69, 9.17) is 0 Å². The molecule has 2 aliphatic rings. The minimum atomic E-state index is -0.282. The van der Waals surface area contributed by atoms with Gasteiger partial charge in [-0.3, -0.25) is 4.79 Å². The number of H-pyrrole nitrogens is 2. The SMILES string of the molecule is CN(C)c1cnc(N2CCC3(CCCN(Cc4c[nH]c5ccccc45)C3=O)C2)[nH]1. The second-order valence-corrected chi connectivity index (χ2v) is 8.63. The number of carbonyl (C=O) groups is 1. The van der Waals surface area contributed by atoms with E-state index in [-0.39, 0.29) is 5.41 Å². The Labute approximate surface area is 170 Å². The average Bonchev–Trinajstić information content (AvgIpc) is 3.45. The molecular weight excluding hydrogens is 364 g/mol. The minimum absolute atomic E-state index is 0.282. The van der Waals surface area contributed by atoms with E-state index in [1.165, 1.54) is 10.9 Å². The van der Waals surface area contributed by atoms with Crippen molar-refractivity contribution in [3.8, 4) is 0 Å². The summed E-state index contributed by atoms with van der Waals surface area (Å²) in [5, 5.41) is 1.21. The van der Waals surface area contributed by atoms with Crippen LogP contribution in [0.3, 0.4) is 0 Å². The Hall–Kier alpha value is -2.96. The van der Waals surface area contributed by atoms with E-state index >= 15 is 0 Å². The number of aromatic amines is 2. The van der Waals surface area contributed by atoms with Crippen LogP contribution >= 0.6 is 0 Å². The van der Waals surface area contributed by atoms with E-state index < -0.39 is 0 Å². The number of anilines is 2. The van der Waals surface area contributed by atoms with E-state index in [1.807, 2.05) is 37.5 Å². The molecule has 4 heterocycles. The van der Waals surface area contributed by atoms with Crippen molar-refractivity contribution < 1.29 is 4.79 Å². The van der Waals surface area contributed by atoms with Crippen LogP contribution in [-0.2, 0) is 11.3 Å². The molecule has 2 N–H and O–H groups in total. The number of carbonyl (C=O) groups excluding carboxylic acids is 1. The summed E-state index contributed by atoms with van der Waals surface area (Å²) in [6.45, 7) is 3.13. The number of rotatable bonds is 4. The highest BCUT2D eigenvalue weighted by Gasteiger charge is 2.48. The van der Waals surface area contributed by atoms with E-state index in [0.29, 0.717) is 12.5 Å². The molecule has 2 aromatic heterocycles. The van der Waals surface area contributed by atoms with Gasteiger partial charge in [0.05, 0.1) is 11.6 Å². The third-order valence-corrected chi connectivity index (χ3v) is 6.54. The third-order valence-electron chi connectivity index (χ3n) is 6.54. The van der Waals surface area contributed by atoms with Crippen molar-refractivity contribution in [2.24, 2.45) is 5.41 Å². The molecule has 0 radical (unpaired) electrons. The largest absolute Gasteiger partial charge is 0.363 e. The number of benzene rings is 1. The second kappa shape index (κ2) is 6.83. The van der Waals surface area contributed by atoms with E-state index in [9.17, 15) is 4.79 Å². The number of piperidine rings is 1. The lowest BCUT2D eigenvalue weighted by molar-refractivity contribution is -0.145. The van der Waals surface area contributed by atoms with Crippen molar-refractivity contribution in [1.29, 1.82) is 0 Å². The number of nitrogens with one attached hydrogen (secondary N) is 2. The summed E-state index contributed by atoms with van der Waals surface area (Å²) in [6.07, 6.45) is 6.82. The topological polar surface area (TPSA) is 71.3 Å². The minimum Gasteiger partial charge on any atom is -0.363 e. The smallest absolute Gasteiger partial charge is 0.230 e. The summed E-state index contributed by atoms with van der Waals surface area (Å²) in [4.78, 5) is 31.1. The van der Waals surface area contributed by atoms with Gasteiger partial charge in [-0.2, -0.15) is 0 Å². The van der Waals surface area contributed by atoms with Crippen molar-refractivity contribution in [2.45, 2.75) is 25.8 Å². The molecule has 0 bridgehead atoms. The number of hydrogen-bond donors (Lipinski definition) is 2. The van der Waals surface area contributed by atoms with Gasteiger partial charge in [-0.25, -0.2) is 4.98 Å². The monoisotopic (exact) mass is 392 g/mol. The van der Waals surface area contributed by atoms with Gasteiger partial charge in [0.2, 0.25) is 11.9 Å². The fourth-order valence-electron chi connectivity index (χ4n) is 4.89. The normalized spacial score (nSPS) is 22.2. The molecule has 152 valence electrons. The standard InChI is InChI=1S/C22H28N6O/c1-26(2)19-13-24-21(25-19)28-11-9-22(15-28)8-5-10-27(20(22)29)14-16-12-23-18-7-4-3-6-17(16)18/h3-4,6-7,12-13,23H,5,8-11,14-15H2,1-2H3,(H,24,25). The molecular formula is C22H28N6O. The summed E-state index contributed by atoms with van der Waals surface area (Å²) in [6, 6.07) is 8.30. The van der Waals surface area contributed by atoms with Crippen LogP contribution < -0.4 is 9.80 Å². The van der Waals surface area contributed by atoms with Crippen LogP contribution in [-0.4, -0.2) is 59.5 Å². The van der Waals surface area contributed by atoms with Crippen molar-refractivity contribution >= 4 is 28.6 Å². The first-order chi connectivity index (χ1) is 14.1. The Balaban J connectivity index is 1.34. The molecule has 1 aromatic carbocycles. The van der Waals surface area contributed by atoms with Crippen LogP contribution in [0.2, 0.25) is 0 Å². The van der Waals surface area contributed by atoms with Gasteiger partial charge >= 0.3 is 0 Å². The number of likely N-dealkylation sites (tertiary alicyclic amines) is 1. The number of hydrogen-bond acceptors (Lipinski definition) is 4. The fourth-order valence-corrected chi connectivity index (χ4v) is 4.89. The lowest BCUT2D eigenvalue weighted by Gasteiger charge is -2.39. The van der Waals surface area contributed by atoms with Crippen molar-refractivity contribution in [3.05, 3.63) is 42.2 Å². The number of para-hydroxylation sites is 1. The second-order valence-electron chi connectivity index (χ2n) is 8.63. The zero-order chi connectivity index (χ0) is 20.0. The molecule has 7 nitrogen and oxygen atoms in total. The summed E-state index contributed by atoms with van der Waals surface area (Å²) in [5.41, 5.74) is 2.04. The van der Waals surface area contributed by atoms with Crippen LogP contribution in [0.5, 0.6) is 0 Å². The van der Waals surface area contributed by atoms with Gasteiger partial charge in [0.1, 0.15) is 5.82 Å². The number of aromatic nitrogens is 3. The summed E-state index contributed by atoms with van der Waals surface area (Å²) >= 11 is 0. The molecule has 5 rings (SSSR count). The van der Waals surface area contributed by atoms with Crippen molar-refractivity contribution in [2.75, 3.05) is 43.5 Å². The average molecular weight is 393 g/mol. The molecule has 1 atom stereocenters. The van der Waals surface area contributed by atoms with Crippen LogP contribution in [0.4, 0.5) is 11.8 Å². The zero-order valence-corrected chi connectivity index (χ0v) is 17.1. The van der Waals surface area contributed by atoms with Crippen LogP contribution in [0.25, 0.3) is 10.9 Å². The first-order valence-electron chi connectivity index (χ1n) is 10.4. The Morgan fingerprint density at radius 2 is 2.07 bits per heavy atom. The van der Waals surface area contributed by atoms with Gasteiger partial charge in [0, 0.05) is 57.4 Å². The number of imidazole rings is 1. The zero-order valence-electron chi connectivity index (χ0n) is 17.1. The first-order valence-corrected chi connectivity index (χ1v) is 10.4. The summed E-state index contributed by atoms with van der Waals surface area (Å²) < 4.78 is 0. The summed E-state index contributed by atoms with van der Waals surface area (Å²) in [5.74, 6) is 2.15. The van der Waals surface area contributed by atoms with Crippen LogP contribution in [0.1, 0.15) is 24.8 Å². The number of amides is 1. The van der Waals surface area contributed by atoms with Gasteiger partial charge in [-0.15, -0.1) is 0 Å². The molecule has 2 saturated heterocycles. The maximum absolute atomic E-state index is 13.6. The van der Waals surface area contributed by atoms with Gasteiger partial charge in [0.15, 0.2) is 0 Å². The Morgan fingerprint density at radius 3 is 2.90 bits per heavy atom. The maximum Gasteiger partial charge on any atom is 0.230 e. The predicted octanol–water partition coefficient (Wildman–Crippen LogP) is 2.98. The molecule has 1 unspecified atom stereocenters. The van der Waals surface area contributed by atoms with Crippen molar-refractivity contribution in [3.63, 3.8) is 0 Å². The van der Waals surface area contributed by atoms with Crippen LogP contribution in [0.15, 0.2) is 36.7 Å². The number of nitrogens with zero attached hydrogens (tertiary/aromatic N) is 4. The maximum atomic E-state index is 13.6. The fraction of sp³-hybridized carbons (Fsp3) is 0.455. The first kappa shape index (κ1) is 18.1. The Kier molecular flexibility index (Phi) is 4.26. The molecule has 2 aliphatic heterocycles. The third kappa shape index (κ3) is 3.05. The van der Waals surface area contributed by atoms with E-state index in [2.05, 4.69) is 43.0 Å². The molecule has 3 aromatic rings. The Morgan fingerprint density at radius 1 is 1.21 bits per heavy atom. The van der Waals surface area contributed by atoms with Gasteiger partial charge in [0.25, 0.3) is 0 Å². The van der Waals surface area contributed by atoms with E-state index in [1.54, 1.807) is 0 Å². The van der Waals surface area contributed by atoms with Gasteiger partial charge < -0.3 is 24.7 Å².